The quantitative estimate of drug-likeness (QED) is 0.901. The van der Waals surface area contributed by atoms with E-state index in [2.05, 4.69) is 42.9 Å². The van der Waals surface area contributed by atoms with E-state index in [1.807, 2.05) is 24.7 Å². The van der Waals surface area contributed by atoms with Gasteiger partial charge in [0.25, 0.3) is 0 Å². The van der Waals surface area contributed by atoms with E-state index in [4.69, 9.17) is 4.74 Å². The van der Waals surface area contributed by atoms with E-state index in [1.54, 1.807) is 0 Å². The number of halogens is 1. The fourth-order valence-corrected chi connectivity index (χ4v) is 3.16. The van der Waals surface area contributed by atoms with E-state index in [-0.39, 0.29) is 0 Å². The Morgan fingerprint density at radius 3 is 2.90 bits per heavy atom. The third-order valence-electron chi connectivity index (χ3n) is 3.83. The van der Waals surface area contributed by atoms with Gasteiger partial charge in [-0.25, -0.2) is 4.98 Å². The number of nitrogens with one attached hydrogen (secondary N) is 1. The van der Waals surface area contributed by atoms with Crippen LogP contribution in [0.5, 0.6) is 0 Å². The predicted molar refractivity (Wildman–Crippen MR) is 87.2 cm³/mol. The molecule has 21 heavy (non-hydrogen) atoms. The molecule has 4 nitrogen and oxygen atoms in total. The number of imidazole rings is 1. The number of ether oxygens (including phenoxy) is 1. The van der Waals surface area contributed by atoms with Crippen LogP contribution in [0.15, 0.2) is 41.3 Å². The molecule has 0 amide bonds. The maximum atomic E-state index is 5.98. The van der Waals surface area contributed by atoms with Crippen molar-refractivity contribution in [3.05, 3.63) is 41.3 Å². The second-order valence-electron chi connectivity index (χ2n) is 5.27. The van der Waals surface area contributed by atoms with Crippen molar-refractivity contribution in [2.75, 3.05) is 19.7 Å². The average Bonchev–Trinajstić information content (AvgIpc) is 2.97. The molecule has 0 aliphatic carbocycles. The Morgan fingerprint density at radius 1 is 1.29 bits per heavy atom. The molecule has 112 valence electrons. The number of benzene rings is 1. The lowest BCUT2D eigenvalue weighted by molar-refractivity contribution is 0.0286. The minimum absolute atomic E-state index is 0.404. The van der Waals surface area contributed by atoms with Gasteiger partial charge in [0.15, 0.2) is 0 Å². The summed E-state index contributed by atoms with van der Waals surface area (Å²) in [6, 6.07) is 8.22. The van der Waals surface area contributed by atoms with Crippen LogP contribution in [-0.2, 0) is 11.3 Å². The lowest BCUT2D eigenvalue weighted by atomic mass is 10.1. The third-order valence-corrected chi connectivity index (χ3v) is 4.53. The average molecular weight is 350 g/mol. The van der Waals surface area contributed by atoms with Crippen molar-refractivity contribution in [1.82, 2.24) is 14.9 Å². The van der Waals surface area contributed by atoms with Gasteiger partial charge in [-0.2, -0.15) is 0 Å². The van der Waals surface area contributed by atoms with Gasteiger partial charge in [0.2, 0.25) is 0 Å². The van der Waals surface area contributed by atoms with Crippen molar-refractivity contribution < 1.29 is 4.74 Å². The summed E-state index contributed by atoms with van der Waals surface area (Å²) in [5.41, 5.74) is 2.29. The Morgan fingerprint density at radius 2 is 2.10 bits per heavy atom. The maximum Gasteiger partial charge on any atom is 0.0951 e. The van der Waals surface area contributed by atoms with Crippen molar-refractivity contribution in [3.63, 3.8) is 0 Å². The first-order valence-electron chi connectivity index (χ1n) is 7.42. The summed E-state index contributed by atoms with van der Waals surface area (Å²) < 4.78 is 9.22. The maximum absolute atomic E-state index is 5.98. The van der Waals surface area contributed by atoms with Crippen LogP contribution in [0, 0.1) is 0 Å². The van der Waals surface area contributed by atoms with E-state index >= 15 is 0 Å². The molecule has 0 atom stereocenters. The molecule has 0 saturated carbocycles. The zero-order chi connectivity index (χ0) is 14.5. The minimum atomic E-state index is 0.404. The summed E-state index contributed by atoms with van der Waals surface area (Å²) in [5, 5.41) is 3.36. The highest BCUT2D eigenvalue weighted by Crippen LogP contribution is 2.27. The SMILES string of the molecule is Brc1ccccc1-c1cncn1CCOC1CCNCC1. The van der Waals surface area contributed by atoms with E-state index in [9.17, 15) is 0 Å². The van der Waals surface area contributed by atoms with Gasteiger partial charge in [0, 0.05) is 16.6 Å². The molecule has 3 rings (SSSR count). The smallest absolute Gasteiger partial charge is 0.0951 e. The lowest BCUT2D eigenvalue weighted by Gasteiger charge is -2.23. The van der Waals surface area contributed by atoms with Crippen LogP contribution < -0.4 is 5.32 Å². The lowest BCUT2D eigenvalue weighted by Crippen LogP contribution is -2.33. The van der Waals surface area contributed by atoms with Crippen LogP contribution in [0.25, 0.3) is 11.3 Å². The molecular formula is C16H20BrN3O. The Bertz CT molecular complexity index is 578. The molecular weight excluding hydrogens is 330 g/mol. The highest BCUT2D eigenvalue weighted by molar-refractivity contribution is 9.10. The van der Waals surface area contributed by atoms with Crippen molar-refractivity contribution in [1.29, 1.82) is 0 Å². The number of nitrogens with zero attached hydrogens (tertiary/aromatic N) is 2. The molecule has 1 fully saturated rings. The molecule has 2 aromatic rings. The first-order chi connectivity index (χ1) is 10.3. The van der Waals surface area contributed by atoms with Gasteiger partial charge in [0.1, 0.15) is 0 Å². The predicted octanol–water partition coefficient (Wildman–Crippen LogP) is 3.08. The number of aromatic nitrogens is 2. The third kappa shape index (κ3) is 3.73. The van der Waals surface area contributed by atoms with Crippen LogP contribution in [0.4, 0.5) is 0 Å². The minimum Gasteiger partial charge on any atom is -0.376 e. The van der Waals surface area contributed by atoms with Crippen molar-refractivity contribution in [3.8, 4) is 11.3 Å². The molecule has 0 bridgehead atoms. The molecule has 0 spiro atoms. The second-order valence-corrected chi connectivity index (χ2v) is 6.13. The molecule has 1 aromatic heterocycles. The van der Waals surface area contributed by atoms with Crippen LogP contribution >= 0.6 is 15.9 Å². The molecule has 1 aromatic carbocycles. The molecule has 1 aliphatic rings. The van der Waals surface area contributed by atoms with Gasteiger partial charge >= 0.3 is 0 Å². The molecule has 0 unspecified atom stereocenters. The number of piperidine rings is 1. The summed E-state index contributed by atoms with van der Waals surface area (Å²) in [4.78, 5) is 4.28. The first-order valence-corrected chi connectivity index (χ1v) is 8.21. The van der Waals surface area contributed by atoms with Gasteiger partial charge in [-0.3, -0.25) is 0 Å². The van der Waals surface area contributed by atoms with Gasteiger partial charge in [-0.15, -0.1) is 0 Å². The molecule has 0 radical (unpaired) electrons. The highest BCUT2D eigenvalue weighted by Gasteiger charge is 2.13. The van der Waals surface area contributed by atoms with Crippen LogP contribution in [0.2, 0.25) is 0 Å². The molecule has 1 aliphatic heterocycles. The standard InChI is InChI=1S/C16H20BrN3O/c17-15-4-2-1-3-14(15)16-11-19-12-20(16)9-10-21-13-5-7-18-8-6-13/h1-4,11-13,18H,5-10H2. The van der Waals surface area contributed by atoms with E-state index in [0.717, 1.165) is 54.8 Å². The van der Waals surface area contributed by atoms with Gasteiger partial charge < -0.3 is 14.6 Å². The summed E-state index contributed by atoms with van der Waals surface area (Å²) >= 11 is 3.60. The highest BCUT2D eigenvalue weighted by atomic mass is 79.9. The second kappa shape index (κ2) is 7.20. The zero-order valence-electron chi connectivity index (χ0n) is 12.0. The fraction of sp³-hybridized carbons (Fsp3) is 0.438. The van der Waals surface area contributed by atoms with E-state index < -0.39 is 0 Å². The summed E-state index contributed by atoms with van der Waals surface area (Å²) in [7, 11) is 0. The Balaban J connectivity index is 1.62. The first kappa shape index (κ1) is 14.8. The van der Waals surface area contributed by atoms with Gasteiger partial charge in [-0.05, 0) is 32.0 Å². The van der Waals surface area contributed by atoms with Crippen LogP contribution in [0.3, 0.4) is 0 Å². The van der Waals surface area contributed by atoms with E-state index in [0.29, 0.717) is 6.10 Å². The van der Waals surface area contributed by atoms with E-state index in [1.165, 1.54) is 0 Å². The van der Waals surface area contributed by atoms with Gasteiger partial charge in [-0.1, -0.05) is 34.1 Å². The molecule has 2 heterocycles. The van der Waals surface area contributed by atoms with Crippen molar-refractivity contribution in [2.24, 2.45) is 0 Å². The molecule has 5 heteroatoms. The Hall–Kier alpha value is -1.17. The fourth-order valence-electron chi connectivity index (χ4n) is 2.67. The largest absolute Gasteiger partial charge is 0.376 e. The summed E-state index contributed by atoms with van der Waals surface area (Å²) in [5.74, 6) is 0. The molecule has 1 saturated heterocycles. The van der Waals surface area contributed by atoms with Crippen molar-refractivity contribution >= 4 is 15.9 Å². The molecule has 1 N–H and O–H groups in total. The summed E-state index contributed by atoms with van der Waals surface area (Å²) in [6.45, 7) is 3.70. The number of hydrogen-bond donors (Lipinski definition) is 1. The number of hydrogen-bond acceptors (Lipinski definition) is 3. The Kier molecular flexibility index (Phi) is 5.06. The van der Waals surface area contributed by atoms with Crippen LogP contribution in [0.1, 0.15) is 12.8 Å². The summed E-state index contributed by atoms with van der Waals surface area (Å²) in [6.07, 6.45) is 6.41. The van der Waals surface area contributed by atoms with Crippen LogP contribution in [-0.4, -0.2) is 35.4 Å². The zero-order valence-corrected chi connectivity index (χ0v) is 13.6. The van der Waals surface area contributed by atoms with Gasteiger partial charge in [0.05, 0.1) is 30.9 Å². The number of rotatable bonds is 5. The monoisotopic (exact) mass is 349 g/mol. The topological polar surface area (TPSA) is 39.1 Å². The normalized spacial score (nSPS) is 16.2. The van der Waals surface area contributed by atoms with Crippen molar-refractivity contribution in [2.45, 2.75) is 25.5 Å². The Labute approximate surface area is 133 Å².